The number of thiophene rings is 1. The number of aromatic nitrogens is 1. The fraction of sp³-hybridized carbons (Fsp3) is 0.294. The van der Waals surface area contributed by atoms with Gasteiger partial charge < -0.3 is 4.90 Å². The molecule has 2 heterocycles. The Balaban J connectivity index is 1.92. The molecule has 0 radical (unpaired) electrons. The number of hydrogen-bond donors (Lipinski definition) is 0. The maximum atomic E-state index is 13.0. The van der Waals surface area contributed by atoms with Crippen molar-refractivity contribution in [2.75, 3.05) is 32.1 Å². The second-order valence-corrected chi connectivity index (χ2v) is 10.2. The average molecular weight is 503 g/mol. The lowest BCUT2D eigenvalue weighted by molar-refractivity contribution is 0.0990. The smallest absolute Gasteiger partial charge is 0.270 e. The Morgan fingerprint density at radius 1 is 1.12 bits per heavy atom. The van der Waals surface area contributed by atoms with Gasteiger partial charge in [-0.15, -0.1) is 11.3 Å². The van der Waals surface area contributed by atoms with Crippen molar-refractivity contribution in [3.8, 4) is 0 Å². The molecular weight excluding hydrogens is 486 g/mol. The number of halogens is 2. The number of benzene rings is 1. The van der Waals surface area contributed by atoms with Crippen molar-refractivity contribution in [2.24, 2.45) is 0 Å². The molecule has 0 saturated heterocycles. The van der Waals surface area contributed by atoms with Crippen LogP contribution in [0.25, 0.3) is 10.2 Å². The molecule has 8 heteroatoms. The minimum Gasteiger partial charge on any atom is -0.309 e. The van der Waals surface area contributed by atoms with Crippen molar-refractivity contribution < 1.29 is 4.79 Å². The number of carbonyl (C=O) groups is 1. The first-order valence-electron chi connectivity index (χ1n) is 7.72. The lowest BCUT2D eigenvalue weighted by Crippen LogP contribution is -2.32. The molecule has 0 fully saturated rings. The zero-order chi connectivity index (χ0) is 18.0. The van der Waals surface area contributed by atoms with E-state index in [0.717, 1.165) is 41.5 Å². The SMILES string of the molecule is CN(C)CCCN(C(=O)c1ccc(Br)s1)c1nc2ccc(Br)cc2s1. The fourth-order valence-electron chi connectivity index (χ4n) is 2.39. The summed E-state index contributed by atoms with van der Waals surface area (Å²) in [6.07, 6.45) is 0.894. The molecule has 0 saturated carbocycles. The highest BCUT2D eigenvalue weighted by molar-refractivity contribution is 9.11. The summed E-state index contributed by atoms with van der Waals surface area (Å²) in [5.41, 5.74) is 0.918. The lowest BCUT2D eigenvalue weighted by Gasteiger charge is -2.20. The molecule has 0 bridgehead atoms. The normalized spacial score (nSPS) is 11.4. The van der Waals surface area contributed by atoms with Crippen LogP contribution in [0.1, 0.15) is 16.1 Å². The first kappa shape index (κ1) is 19.0. The fourth-order valence-corrected chi connectivity index (χ4v) is 5.27. The Morgan fingerprint density at radius 2 is 1.92 bits per heavy atom. The first-order chi connectivity index (χ1) is 11.9. The van der Waals surface area contributed by atoms with Crippen molar-refractivity contribution in [3.05, 3.63) is 43.5 Å². The molecule has 0 atom stereocenters. The van der Waals surface area contributed by atoms with Gasteiger partial charge in [0.15, 0.2) is 5.13 Å². The molecule has 0 unspecified atom stereocenters. The van der Waals surface area contributed by atoms with Gasteiger partial charge in [0.2, 0.25) is 0 Å². The number of fused-ring (bicyclic) bond motifs is 1. The van der Waals surface area contributed by atoms with Gasteiger partial charge in [-0.1, -0.05) is 27.3 Å². The molecule has 4 nitrogen and oxygen atoms in total. The molecule has 0 spiro atoms. The molecule has 0 aliphatic heterocycles. The van der Waals surface area contributed by atoms with Crippen molar-refractivity contribution in [1.29, 1.82) is 0 Å². The Kier molecular flexibility index (Phi) is 6.27. The Labute approximate surface area is 171 Å². The highest BCUT2D eigenvalue weighted by Crippen LogP contribution is 2.33. The Bertz CT molecular complexity index is 891. The van der Waals surface area contributed by atoms with Crippen molar-refractivity contribution in [2.45, 2.75) is 6.42 Å². The van der Waals surface area contributed by atoms with Crippen LogP contribution in [0, 0.1) is 0 Å². The summed E-state index contributed by atoms with van der Waals surface area (Å²) in [5.74, 6) is 0.00702. The Hall–Kier alpha value is -0.800. The monoisotopic (exact) mass is 501 g/mol. The third-order valence-electron chi connectivity index (χ3n) is 3.59. The molecular formula is C17H17Br2N3OS2. The maximum absolute atomic E-state index is 13.0. The summed E-state index contributed by atoms with van der Waals surface area (Å²) in [6.45, 7) is 1.57. The molecule has 3 rings (SSSR count). The van der Waals surface area contributed by atoms with E-state index in [1.54, 1.807) is 16.2 Å². The molecule has 3 aromatic rings. The highest BCUT2D eigenvalue weighted by atomic mass is 79.9. The van der Waals surface area contributed by atoms with E-state index in [-0.39, 0.29) is 5.91 Å². The number of hydrogen-bond acceptors (Lipinski definition) is 5. The van der Waals surface area contributed by atoms with Gasteiger partial charge in [0.25, 0.3) is 5.91 Å². The van der Waals surface area contributed by atoms with Crippen LogP contribution < -0.4 is 4.90 Å². The quantitative estimate of drug-likeness (QED) is 0.447. The molecule has 2 aromatic heterocycles. The maximum Gasteiger partial charge on any atom is 0.270 e. The molecule has 0 aliphatic rings. The summed E-state index contributed by atoms with van der Waals surface area (Å²) >= 11 is 9.93. The predicted octanol–water partition coefficient (Wildman–Crippen LogP) is 5.48. The van der Waals surface area contributed by atoms with Gasteiger partial charge in [0, 0.05) is 11.0 Å². The van der Waals surface area contributed by atoms with E-state index < -0.39 is 0 Å². The largest absolute Gasteiger partial charge is 0.309 e. The average Bonchev–Trinajstić information content (AvgIpc) is 3.16. The van der Waals surface area contributed by atoms with Crippen molar-refractivity contribution >= 4 is 75.8 Å². The number of carbonyl (C=O) groups excluding carboxylic acids is 1. The number of amides is 1. The van der Waals surface area contributed by atoms with Crippen LogP contribution in [0.5, 0.6) is 0 Å². The van der Waals surface area contributed by atoms with E-state index in [1.165, 1.54) is 11.3 Å². The number of nitrogens with zero attached hydrogens (tertiary/aromatic N) is 3. The van der Waals surface area contributed by atoms with E-state index >= 15 is 0 Å². The van der Waals surface area contributed by atoms with Gasteiger partial charge in [-0.05, 0) is 73.3 Å². The van der Waals surface area contributed by atoms with Gasteiger partial charge in [-0.25, -0.2) is 4.98 Å². The zero-order valence-corrected chi connectivity index (χ0v) is 18.6. The van der Waals surface area contributed by atoms with Gasteiger partial charge in [0.05, 0.1) is 18.9 Å². The van der Waals surface area contributed by atoms with Crippen LogP contribution in [0.2, 0.25) is 0 Å². The van der Waals surface area contributed by atoms with Crippen LogP contribution in [0.4, 0.5) is 5.13 Å². The highest BCUT2D eigenvalue weighted by Gasteiger charge is 2.22. The predicted molar refractivity (Wildman–Crippen MR) is 114 cm³/mol. The minimum atomic E-state index is 0.00702. The molecule has 132 valence electrons. The van der Waals surface area contributed by atoms with E-state index in [9.17, 15) is 4.79 Å². The van der Waals surface area contributed by atoms with Crippen LogP contribution >= 0.6 is 54.5 Å². The van der Waals surface area contributed by atoms with Gasteiger partial charge >= 0.3 is 0 Å². The van der Waals surface area contributed by atoms with Crippen LogP contribution in [-0.2, 0) is 0 Å². The van der Waals surface area contributed by atoms with Gasteiger partial charge in [-0.3, -0.25) is 9.69 Å². The summed E-state index contributed by atoms with van der Waals surface area (Å²) in [5, 5.41) is 0.751. The third kappa shape index (κ3) is 4.68. The third-order valence-corrected chi connectivity index (χ3v) is 6.73. The number of rotatable bonds is 6. The minimum absolute atomic E-state index is 0.00702. The van der Waals surface area contributed by atoms with Crippen molar-refractivity contribution in [1.82, 2.24) is 9.88 Å². The zero-order valence-electron chi connectivity index (χ0n) is 13.8. The summed E-state index contributed by atoms with van der Waals surface area (Å²) < 4.78 is 3.04. The van der Waals surface area contributed by atoms with E-state index in [4.69, 9.17) is 0 Å². The standard InChI is InChI=1S/C17H17Br2N3OS2/c1-21(2)8-3-9-22(16(23)13-6-7-15(19)24-13)17-20-12-5-4-11(18)10-14(12)25-17/h4-7,10H,3,8-9H2,1-2H3. The van der Waals surface area contributed by atoms with E-state index in [2.05, 4.69) is 41.7 Å². The van der Waals surface area contributed by atoms with Crippen LogP contribution in [-0.4, -0.2) is 43.0 Å². The summed E-state index contributed by atoms with van der Waals surface area (Å²) in [6, 6.07) is 9.76. The summed E-state index contributed by atoms with van der Waals surface area (Å²) in [4.78, 5) is 22.4. The molecule has 1 aromatic carbocycles. The molecule has 1 amide bonds. The first-order valence-corrected chi connectivity index (χ1v) is 10.9. The van der Waals surface area contributed by atoms with Crippen molar-refractivity contribution in [3.63, 3.8) is 0 Å². The lowest BCUT2D eigenvalue weighted by atomic mass is 10.3. The van der Waals surface area contributed by atoms with Crippen LogP contribution in [0.3, 0.4) is 0 Å². The van der Waals surface area contributed by atoms with Gasteiger partial charge in [-0.2, -0.15) is 0 Å². The summed E-state index contributed by atoms with van der Waals surface area (Å²) in [7, 11) is 4.08. The van der Waals surface area contributed by atoms with Crippen LogP contribution in [0.15, 0.2) is 38.6 Å². The molecule has 25 heavy (non-hydrogen) atoms. The second kappa shape index (κ2) is 8.26. The van der Waals surface area contributed by atoms with Gasteiger partial charge in [0.1, 0.15) is 0 Å². The Morgan fingerprint density at radius 3 is 2.60 bits per heavy atom. The number of thiazole rings is 1. The molecule has 0 N–H and O–H groups in total. The van der Waals surface area contributed by atoms with E-state index in [1.807, 2.05) is 44.4 Å². The topological polar surface area (TPSA) is 36.4 Å². The second-order valence-electron chi connectivity index (χ2n) is 5.83. The van der Waals surface area contributed by atoms with E-state index in [0.29, 0.717) is 6.54 Å². The number of anilines is 1. The molecule has 0 aliphatic carbocycles.